The van der Waals surface area contributed by atoms with Gasteiger partial charge in [0.25, 0.3) is 0 Å². The van der Waals surface area contributed by atoms with Gasteiger partial charge in [0.2, 0.25) is 0 Å². The molecule has 1 fully saturated rings. The van der Waals surface area contributed by atoms with Crippen LogP contribution < -0.4 is 0 Å². The molecule has 2 rings (SSSR count). The monoisotopic (exact) mass is 164 g/mol. The topological polar surface area (TPSA) is 0 Å². The van der Waals surface area contributed by atoms with Crippen LogP contribution in [0.25, 0.3) is 0 Å². The third-order valence-corrected chi connectivity index (χ3v) is 3.53. The zero-order valence-electron chi connectivity index (χ0n) is 6.71. The molecule has 0 aromatic heterocycles. The van der Waals surface area contributed by atoms with Crippen LogP contribution in [0.3, 0.4) is 0 Å². The average molecular weight is 164 g/mol. The molecule has 1 aliphatic rings. The van der Waals surface area contributed by atoms with E-state index in [1.807, 2.05) is 0 Å². The Hall–Kier alpha value is -0.430. The molecule has 0 N–H and O–H groups in total. The van der Waals surface area contributed by atoms with Gasteiger partial charge in [-0.3, -0.25) is 0 Å². The van der Waals surface area contributed by atoms with Crippen molar-refractivity contribution in [2.75, 3.05) is 5.75 Å². The predicted octanol–water partition coefficient (Wildman–Crippen LogP) is 3.17. The second-order valence-corrected chi connectivity index (χ2v) is 4.37. The quantitative estimate of drug-likeness (QED) is 0.614. The highest BCUT2D eigenvalue weighted by Gasteiger charge is 2.19. The summed E-state index contributed by atoms with van der Waals surface area (Å²) in [4.78, 5) is 0. The van der Waals surface area contributed by atoms with Crippen molar-refractivity contribution in [3.05, 3.63) is 35.4 Å². The number of hydrogen-bond acceptors (Lipinski definition) is 1. The molecule has 1 heterocycles. The van der Waals surface area contributed by atoms with E-state index in [0.717, 1.165) is 5.25 Å². The fraction of sp³-hybridized carbons (Fsp3) is 0.400. The minimum Gasteiger partial charge on any atom is -0.154 e. The van der Waals surface area contributed by atoms with Crippen molar-refractivity contribution in [1.29, 1.82) is 0 Å². The SMILES string of the molecule is Cc1ccc(C2CCS2)cc1. The maximum atomic E-state index is 2.26. The first-order chi connectivity index (χ1) is 5.36. The van der Waals surface area contributed by atoms with Crippen LogP contribution in [0.1, 0.15) is 22.8 Å². The first kappa shape index (κ1) is 7.23. The maximum Gasteiger partial charge on any atom is 0.0305 e. The molecule has 1 aliphatic heterocycles. The summed E-state index contributed by atoms with van der Waals surface area (Å²) in [6, 6.07) is 8.92. The minimum atomic E-state index is 0.801. The second kappa shape index (κ2) is 2.90. The van der Waals surface area contributed by atoms with Crippen molar-refractivity contribution >= 4 is 11.8 Å². The standard InChI is InChI=1S/C10H12S/c1-8-2-4-9(5-3-8)10-6-7-11-10/h2-5,10H,6-7H2,1H3. The number of hydrogen-bond donors (Lipinski definition) is 0. The van der Waals surface area contributed by atoms with Gasteiger partial charge in [0, 0.05) is 5.25 Å². The Morgan fingerprint density at radius 3 is 2.36 bits per heavy atom. The summed E-state index contributed by atoms with van der Waals surface area (Å²) in [5, 5.41) is 0.801. The van der Waals surface area contributed by atoms with Gasteiger partial charge in [0.1, 0.15) is 0 Å². The predicted molar refractivity (Wildman–Crippen MR) is 51.0 cm³/mol. The lowest BCUT2D eigenvalue weighted by Gasteiger charge is -2.25. The molecular weight excluding hydrogens is 152 g/mol. The van der Waals surface area contributed by atoms with E-state index in [0.29, 0.717) is 0 Å². The van der Waals surface area contributed by atoms with Crippen molar-refractivity contribution < 1.29 is 0 Å². The van der Waals surface area contributed by atoms with E-state index in [4.69, 9.17) is 0 Å². The summed E-state index contributed by atoms with van der Waals surface area (Å²) in [7, 11) is 0. The molecule has 0 amide bonds. The molecule has 1 aromatic rings. The number of thioether (sulfide) groups is 1. The van der Waals surface area contributed by atoms with Gasteiger partial charge < -0.3 is 0 Å². The molecule has 0 spiro atoms. The molecule has 0 nitrogen and oxygen atoms in total. The van der Waals surface area contributed by atoms with Crippen molar-refractivity contribution in [1.82, 2.24) is 0 Å². The fourth-order valence-corrected chi connectivity index (χ4v) is 2.10. The van der Waals surface area contributed by atoms with Crippen LogP contribution >= 0.6 is 11.8 Å². The summed E-state index contributed by atoms with van der Waals surface area (Å²) in [5.41, 5.74) is 2.87. The molecule has 1 atom stereocenters. The lowest BCUT2D eigenvalue weighted by Crippen LogP contribution is -2.06. The molecule has 0 radical (unpaired) electrons. The highest BCUT2D eigenvalue weighted by molar-refractivity contribution is 8.00. The molecule has 0 saturated carbocycles. The van der Waals surface area contributed by atoms with Crippen LogP contribution in [0.15, 0.2) is 24.3 Å². The van der Waals surface area contributed by atoms with Crippen molar-refractivity contribution in [3.63, 3.8) is 0 Å². The maximum absolute atomic E-state index is 2.26. The van der Waals surface area contributed by atoms with Crippen LogP contribution in [0, 0.1) is 6.92 Å². The zero-order valence-corrected chi connectivity index (χ0v) is 7.53. The van der Waals surface area contributed by atoms with E-state index in [2.05, 4.69) is 43.0 Å². The number of rotatable bonds is 1. The van der Waals surface area contributed by atoms with E-state index in [9.17, 15) is 0 Å². The van der Waals surface area contributed by atoms with Gasteiger partial charge in [-0.25, -0.2) is 0 Å². The molecule has 1 saturated heterocycles. The van der Waals surface area contributed by atoms with Gasteiger partial charge in [0.05, 0.1) is 0 Å². The highest BCUT2D eigenvalue weighted by atomic mass is 32.2. The molecule has 0 aliphatic carbocycles. The molecule has 1 unspecified atom stereocenters. The summed E-state index contributed by atoms with van der Waals surface area (Å²) in [5.74, 6) is 1.35. The third kappa shape index (κ3) is 1.43. The molecule has 0 bridgehead atoms. The Bertz CT molecular complexity index is 234. The molecule has 1 aromatic carbocycles. The zero-order chi connectivity index (χ0) is 7.68. The summed E-state index contributed by atoms with van der Waals surface area (Å²) in [6.07, 6.45) is 1.37. The van der Waals surface area contributed by atoms with Crippen molar-refractivity contribution in [2.24, 2.45) is 0 Å². The molecule has 11 heavy (non-hydrogen) atoms. The summed E-state index contributed by atoms with van der Waals surface area (Å²) >= 11 is 2.06. The van der Waals surface area contributed by atoms with Gasteiger partial charge in [-0.2, -0.15) is 11.8 Å². The van der Waals surface area contributed by atoms with Crippen LogP contribution in [0.5, 0.6) is 0 Å². The van der Waals surface area contributed by atoms with Gasteiger partial charge >= 0.3 is 0 Å². The Kier molecular flexibility index (Phi) is 1.91. The summed E-state index contributed by atoms with van der Waals surface area (Å²) < 4.78 is 0. The molecule has 58 valence electrons. The minimum absolute atomic E-state index is 0.801. The molecular formula is C10H12S. The van der Waals surface area contributed by atoms with E-state index < -0.39 is 0 Å². The lowest BCUT2D eigenvalue weighted by molar-refractivity contribution is 0.849. The van der Waals surface area contributed by atoms with E-state index in [1.54, 1.807) is 0 Å². The normalized spacial score (nSPS) is 22.8. The van der Waals surface area contributed by atoms with Gasteiger partial charge in [-0.05, 0) is 24.7 Å². The van der Waals surface area contributed by atoms with E-state index in [-0.39, 0.29) is 0 Å². The fourth-order valence-electron chi connectivity index (χ4n) is 1.28. The van der Waals surface area contributed by atoms with E-state index >= 15 is 0 Å². The largest absolute Gasteiger partial charge is 0.154 e. The van der Waals surface area contributed by atoms with Crippen LogP contribution in [-0.2, 0) is 0 Å². The first-order valence-electron chi connectivity index (χ1n) is 4.04. The van der Waals surface area contributed by atoms with Crippen LogP contribution in [0.4, 0.5) is 0 Å². The van der Waals surface area contributed by atoms with Gasteiger partial charge in [-0.1, -0.05) is 29.8 Å². The number of aryl methyl sites for hydroxylation is 1. The number of benzene rings is 1. The highest BCUT2D eigenvalue weighted by Crippen LogP contribution is 2.41. The van der Waals surface area contributed by atoms with Crippen LogP contribution in [-0.4, -0.2) is 5.75 Å². The van der Waals surface area contributed by atoms with Crippen LogP contribution in [0.2, 0.25) is 0 Å². The first-order valence-corrected chi connectivity index (χ1v) is 5.09. The Morgan fingerprint density at radius 1 is 1.27 bits per heavy atom. The average Bonchev–Trinajstić information content (AvgIpc) is 1.90. The third-order valence-electron chi connectivity index (χ3n) is 2.15. The Balaban J connectivity index is 2.18. The second-order valence-electron chi connectivity index (χ2n) is 3.06. The summed E-state index contributed by atoms with van der Waals surface area (Å²) in [6.45, 7) is 2.14. The molecule has 1 heteroatoms. The Morgan fingerprint density at radius 2 is 1.91 bits per heavy atom. The van der Waals surface area contributed by atoms with Crippen molar-refractivity contribution in [2.45, 2.75) is 18.6 Å². The Labute approximate surface area is 72.0 Å². The smallest absolute Gasteiger partial charge is 0.0305 e. The van der Waals surface area contributed by atoms with Crippen molar-refractivity contribution in [3.8, 4) is 0 Å². The van der Waals surface area contributed by atoms with E-state index in [1.165, 1.54) is 23.3 Å². The van der Waals surface area contributed by atoms with Gasteiger partial charge in [0.15, 0.2) is 0 Å². The lowest BCUT2D eigenvalue weighted by atomic mass is 10.1. The van der Waals surface area contributed by atoms with Gasteiger partial charge in [-0.15, -0.1) is 0 Å².